The van der Waals surface area contributed by atoms with Gasteiger partial charge in [0.1, 0.15) is 18.4 Å². The fraction of sp³-hybridized carbons (Fsp3) is 0.296. The first kappa shape index (κ1) is 22.5. The van der Waals surface area contributed by atoms with Crippen molar-refractivity contribution in [1.82, 2.24) is 19.9 Å². The number of anilines is 1. The molecule has 35 heavy (non-hydrogen) atoms. The second-order valence-electron chi connectivity index (χ2n) is 9.17. The van der Waals surface area contributed by atoms with Crippen molar-refractivity contribution in [3.8, 4) is 23.1 Å². The highest BCUT2D eigenvalue weighted by Crippen LogP contribution is 2.43. The number of H-pyrrole nitrogens is 1. The van der Waals surface area contributed by atoms with Gasteiger partial charge in [0.05, 0.1) is 35.0 Å². The summed E-state index contributed by atoms with van der Waals surface area (Å²) in [6, 6.07) is 16.2. The van der Waals surface area contributed by atoms with E-state index in [0.29, 0.717) is 23.9 Å². The Morgan fingerprint density at radius 3 is 2.69 bits per heavy atom. The molecular weight excluding hydrogens is 440 g/mol. The lowest BCUT2D eigenvalue weighted by atomic mass is 9.92. The maximum Gasteiger partial charge on any atom is 0.319 e. The number of hydrogen-bond acceptors (Lipinski definition) is 4. The summed E-state index contributed by atoms with van der Waals surface area (Å²) in [6.45, 7) is 4.23. The van der Waals surface area contributed by atoms with Crippen LogP contribution in [0.4, 0.5) is 10.5 Å². The van der Waals surface area contributed by atoms with Gasteiger partial charge in [-0.3, -0.25) is 0 Å². The molecule has 3 N–H and O–H groups in total. The third-order valence-electron chi connectivity index (χ3n) is 6.31. The Morgan fingerprint density at radius 1 is 1.26 bits per heavy atom. The average Bonchev–Trinajstić information content (AvgIpc) is 3.43. The number of amides is 2. The number of carbonyl (C=O) groups excluding carboxylic acids is 1. The zero-order valence-electron chi connectivity index (χ0n) is 19.8. The largest absolute Gasteiger partial charge is 0.487 e. The van der Waals surface area contributed by atoms with E-state index in [4.69, 9.17) is 4.74 Å². The maximum absolute atomic E-state index is 12.1. The fourth-order valence-electron chi connectivity index (χ4n) is 4.47. The number of nitriles is 1. The van der Waals surface area contributed by atoms with Crippen LogP contribution in [0.2, 0.25) is 0 Å². The first-order valence-electron chi connectivity index (χ1n) is 11.9. The van der Waals surface area contributed by atoms with Crippen LogP contribution >= 0.6 is 0 Å². The summed E-state index contributed by atoms with van der Waals surface area (Å²) in [5.74, 6) is 0.747. The van der Waals surface area contributed by atoms with E-state index in [-0.39, 0.29) is 12.1 Å². The van der Waals surface area contributed by atoms with E-state index in [0.717, 1.165) is 46.4 Å². The molecule has 0 bridgehead atoms. The summed E-state index contributed by atoms with van der Waals surface area (Å²) in [5.41, 5.74) is 5.11. The number of ether oxygens (including phenoxy) is 1. The van der Waals surface area contributed by atoms with E-state index < -0.39 is 0 Å². The van der Waals surface area contributed by atoms with E-state index in [9.17, 15) is 10.1 Å². The van der Waals surface area contributed by atoms with Crippen LogP contribution in [0.3, 0.4) is 0 Å². The van der Waals surface area contributed by atoms with Gasteiger partial charge in [0.2, 0.25) is 0 Å². The molecule has 8 nitrogen and oxygen atoms in total. The molecule has 2 aromatic carbocycles. The molecule has 0 unspecified atom stereocenters. The Kier molecular flexibility index (Phi) is 6.15. The number of urea groups is 1. The Morgan fingerprint density at radius 2 is 2.06 bits per heavy atom. The minimum atomic E-state index is -0.239. The number of nitrogens with one attached hydrogen (secondary N) is 3. The molecule has 1 saturated carbocycles. The highest BCUT2D eigenvalue weighted by atomic mass is 16.5. The first-order valence-corrected chi connectivity index (χ1v) is 11.9. The molecular formula is C27H28N6O2. The SMILES string of the molecule is CC(C)NC(=O)Nc1ccc(-c2c(C#N)c3ccc(OCc4cnc[nH]4)cc3n2C2CCC2)cc1. The standard InChI is InChI=1S/C27H28N6O2/c1-17(2)31-27(34)32-19-8-6-18(7-9-19)26-24(13-28)23-11-10-22(35-15-20-14-29-16-30-20)12-25(23)33(26)21-4-3-5-21/h6-12,14,16-17,21H,3-5,15H2,1-2H3,(H,29,30)(H2,31,32,34). The number of carbonyl (C=O) groups is 1. The predicted molar refractivity (Wildman–Crippen MR) is 135 cm³/mol. The number of aromatic nitrogens is 3. The normalized spacial score (nSPS) is 13.4. The quantitative estimate of drug-likeness (QED) is 0.321. The smallest absolute Gasteiger partial charge is 0.319 e. The van der Waals surface area contributed by atoms with E-state index in [1.54, 1.807) is 12.5 Å². The van der Waals surface area contributed by atoms with Gasteiger partial charge in [0, 0.05) is 29.2 Å². The Balaban J connectivity index is 1.51. The molecule has 1 aliphatic rings. The van der Waals surface area contributed by atoms with Crippen molar-refractivity contribution in [2.45, 2.75) is 51.8 Å². The second kappa shape index (κ2) is 9.55. The molecule has 8 heteroatoms. The maximum atomic E-state index is 12.1. The lowest BCUT2D eigenvalue weighted by molar-refractivity contribution is 0.250. The minimum absolute atomic E-state index is 0.0546. The Labute approximate surface area is 203 Å². The van der Waals surface area contributed by atoms with Gasteiger partial charge >= 0.3 is 6.03 Å². The first-order chi connectivity index (χ1) is 17.0. The lowest BCUT2D eigenvalue weighted by Crippen LogP contribution is -2.34. The van der Waals surface area contributed by atoms with Crippen molar-refractivity contribution in [2.75, 3.05) is 5.32 Å². The number of hydrogen-bond donors (Lipinski definition) is 3. The molecule has 0 saturated heterocycles. The highest BCUT2D eigenvalue weighted by Gasteiger charge is 2.28. The lowest BCUT2D eigenvalue weighted by Gasteiger charge is -2.30. The fourth-order valence-corrected chi connectivity index (χ4v) is 4.47. The van der Waals surface area contributed by atoms with Gasteiger partial charge in [-0.05, 0) is 62.9 Å². The molecule has 0 atom stereocenters. The van der Waals surface area contributed by atoms with Gasteiger partial charge in [-0.15, -0.1) is 0 Å². The summed E-state index contributed by atoms with van der Waals surface area (Å²) in [5, 5.41) is 16.7. The number of fused-ring (bicyclic) bond motifs is 1. The van der Waals surface area contributed by atoms with Crippen LogP contribution in [0, 0.1) is 11.3 Å². The van der Waals surface area contributed by atoms with Gasteiger partial charge in [-0.2, -0.15) is 5.26 Å². The van der Waals surface area contributed by atoms with E-state index in [2.05, 4.69) is 31.2 Å². The van der Waals surface area contributed by atoms with Crippen molar-refractivity contribution in [3.05, 3.63) is 66.2 Å². The number of imidazole rings is 1. The third kappa shape index (κ3) is 4.58. The zero-order chi connectivity index (χ0) is 24.4. The molecule has 2 amide bonds. The highest BCUT2D eigenvalue weighted by molar-refractivity contribution is 5.96. The van der Waals surface area contributed by atoms with Crippen molar-refractivity contribution >= 4 is 22.6 Å². The average molecular weight is 469 g/mol. The van der Waals surface area contributed by atoms with Crippen molar-refractivity contribution < 1.29 is 9.53 Å². The van der Waals surface area contributed by atoms with Crippen molar-refractivity contribution in [3.63, 3.8) is 0 Å². The molecule has 1 fully saturated rings. The number of nitrogens with zero attached hydrogens (tertiary/aromatic N) is 3. The molecule has 0 aliphatic heterocycles. The molecule has 0 spiro atoms. The summed E-state index contributed by atoms with van der Waals surface area (Å²) in [4.78, 5) is 19.1. The number of rotatable bonds is 7. The topological polar surface area (TPSA) is 108 Å². The van der Waals surface area contributed by atoms with Crippen LogP contribution in [0.15, 0.2) is 55.0 Å². The van der Waals surface area contributed by atoms with Crippen LogP contribution in [-0.4, -0.2) is 26.6 Å². The van der Waals surface area contributed by atoms with Gasteiger partial charge in [-0.1, -0.05) is 12.1 Å². The molecule has 5 rings (SSSR count). The second-order valence-corrected chi connectivity index (χ2v) is 9.17. The summed E-state index contributed by atoms with van der Waals surface area (Å²) < 4.78 is 8.30. The van der Waals surface area contributed by atoms with Crippen LogP contribution in [-0.2, 0) is 6.61 Å². The van der Waals surface area contributed by atoms with Gasteiger partial charge in [-0.25, -0.2) is 9.78 Å². The minimum Gasteiger partial charge on any atom is -0.487 e. The zero-order valence-corrected chi connectivity index (χ0v) is 19.8. The predicted octanol–water partition coefficient (Wildman–Crippen LogP) is 5.74. The summed E-state index contributed by atoms with van der Waals surface area (Å²) in [6.07, 6.45) is 6.71. The van der Waals surface area contributed by atoms with E-state index in [1.807, 2.05) is 56.3 Å². The van der Waals surface area contributed by atoms with Crippen LogP contribution in [0.1, 0.15) is 50.4 Å². The molecule has 2 heterocycles. The van der Waals surface area contributed by atoms with E-state index in [1.165, 1.54) is 6.42 Å². The third-order valence-corrected chi connectivity index (χ3v) is 6.31. The van der Waals surface area contributed by atoms with Gasteiger partial charge in [0.25, 0.3) is 0 Å². The molecule has 178 valence electrons. The van der Waals surface area contributed by atoms with Gasteiger partial charge in [0.15, 0.2) is 0 Å². The van der Waals surface area contributed by atoms with Crippen LogP contribution < -0.4 is 15.4 Å². The van der Waals surface area contributed by atoms with Crippen molar-refractivity contribution in [2.24, 2.45) is 0 Å². The van der Waals surface area contributed by atoms with Crippen molar-refractivity contribution in [1.29, 1.82) is 5.26 Å². The Bertz CT molecular complexity index is 1380. The summed E-state index contributed by atoms with van der Waals surface area (Å²) in [7, 11) is 0. The van der Waals surface area contributed by atoms with E-state index >= 15 is 0 Å². The molecule has 1 aliphatic carbocycles. The molecule has 0 radical (unpaired) electrons. The Hall–Kier alpha value is -4.25. The molecule has 4 aromatic rings. The summed E-state index contributed by atoms with van der Waals surface area (Å²) >= 11 is 0. The van der Waals surface area contributed by atoms with Crippen LogP contribution in [0.25, 0.3) is 22.2 Å². The number of benzene rings is 2. The number of aromatic amines is 1. The van der Waals surface area contributed by atoms with Gasteiger partial charge < -0.3 is 24.9 Å². The molecule has 2 aromatic heterocycles. The monoisotopic (exact) mass is 468 g/mol. The van der Waals surface area contributed by atoms with Crippen LogP contribution in [0.5, 0.6) is 5.75 Å².